The number of fused-ring (bicyclic) bond motifs is 1. The summed E-state index contributed by atoms with van der Waals surface area (Å²) in [4.78, 5) is 0. The lowest BCUT2D eigenvalue weighted by molar-refractivity contribution is 0.200. The van der Waals surface area contributed by atoms with Crippen LogP contribution in [0.5, 0.6) is 0 Å². The van der Waals surface area contributed by atoms with Gasteiger partial charge in [0.2, 0.25) is 0 Å². The van der Waals surface area contributed by atoms with Crippen molar-refractivity contribution < 1.29 is 0 Å². The molecule has 0 saturated heterocycles. The van der Waals surface area contributed by atoms with Crippen molar-refractivity contribution in [1.82, 2.24) is 0 Å². The normalized spacial score (nSPS) is 51.2. The van der Waals surface area contributed by atoms with Gasteiger partial charge < -0.3 is 5.73 Å². The van der Waals surface area contributed by atoms with Crippen molar-refractivity contribution in [3.05, 3.63) is 0 Å². The molecule has 15 heavy (non-hydrogen) atoms. The van der Waals surface area contributed by atoms with Gasteiger partial charge in [-0.05, 0) is 61.7 Å². The highest BCUT2D eigenvalue weighted by Gasteiger charge is 2.48. The second kappa shape index (κ2) is 3.76. The van der Waals surface area contributed by atoms with Gasteiger partial charge in [-0.15, -0.1) is 0 Å². The number of rotatable bonds is 2. The minimum absolute atomic E-state index is 0.542. The van der Waals surface area contributed by atoms with E-state index in [1.165, 1.54) is 44.9 Å². The van der Waals surface area contributed by atoms with Crippen molar-refractivity contribution in [3.8, 4) is 0 Å². The first-order valence-corrected chi connectivity index (χ1v) is 6.99. The van der Waals surface area contributed by atoms with Gasteiger partial charge in [0.1, 0.15) is 0 Å². The smallest absolute Gasteiger partial charge is 0.00959 e. The van der Waals surface area contributed by atoms with E-state index in [4.69, 9.17) is 5.73 Å². The highest BCUT2D eigenvalue weighted by molar-refractivity contribution is 5.00. The molecule has 0 heterocycles. The Labute approximate surface area is 93.8 Å². The molecule has 0 aromatic rings. The molecule has 3 saturated carbocycles. The monoisotopic (exact) mass is 207 g/mol. The Balaban J connectivity index is 1.56. The van der Waals surface area contributed by atoms with Crippen molar-refractivity contribution in [2.45, 2.75) is 57.9 Å². The maximum atomic E-state index is 6.50. The third-order valence-electron chi connectivity index (χ3n) is 5.35. The molecule has 5 atom stereocenters. The van der Waals surface area contributed by atoms with Crippen molar-refractivity contribution >= 4 is 0 Å². The van der Waals surface area contributed by atoms with Crippen LogP contribution in [0.2, 0.25) is 0 Å². The van der Waals surface area contributed by atoms with Gasteiger partial charge in [-0.1, -0.05) is 19.8 Å². The molecule has 3 aliphatic rings. The summed E-state index contributed by atoms with van der Waals surface area (Å²) in [6.07, 6.45) is 10.2. The minimum atomic E-state index is 0.542. The summed E-state index contributed by atoms with van der Waals surface area (Å²) in [7, 11) is 0. The van der Waals surface area contributed by atoms with Crippen LogP contribution in [0.1, 0.15) is 51.9 Å². The summed E-state index contributed by atoms with van der Waals surface area (Å²) >= 11 is 0. The van der Waals surface area contributed by atoms with Crippen LogP contribution in [0.25, 0.3) is 0 Å². The zero-order chi connectivity index (χ0) is 10.4. The highest BCUT2D eigenvalue weighted by atomic mass is 14.7. The summed E-state index contributed by atoms with van der Waals surface area (Å²) < 4.78 is 0. The van der Waals surface area contributed by atoms with Crippen molar-refractivity contribution in [3.63, 3.8) is 0 Å². The molecule has 3 rings (SSSR count). The Morgan fingerprint density at radius 1 is 0.933 bits per heavy atom. The van der Waals surface area contributed by atoms with Gasteiger partial charge >= 0.3 is 0 Å². The molecule has 1 nitrogen and oxygen atoms in total. The lowest BCUT2D eigenvalue weighted by Crippen LogP contribution is -2.39. The molecule has 0 amide bonds. The van der Waals surface area contributed by atoms with Crippen LogP contribution < -0.4 is 5.73 Å². The summed E-state index contributed by atoms with van der Waals surface area (Å²) in [5.74, 6) is 4.88. The predicted molar refractivity (Wildman–Crippen MR) is 63.4 cm³/mol. The van der Waals surface area contributed by atoms with Crippen LogP contribution in [-0.4, -0.2) is 6.04 Å². The molecule has 0 aromatic carbocycles. The van der Waals surface area contributed by atoms with Crippen molar-refractivity contribution in [1.29, 1.82) is 0 Å². The van der Waals surface area contributed by atoms with Crippen LogP contribution in [0, 0.1) is 29.6 Å². The summed E-state index contributed by atoms with van der Waals surface area (Å²) in [6, 6.07) is 0.542. The Morgan fingerprint density at radius 3 is 2.33 bits per heavy atom. The molecule has 0 aliphatic heterocycles. The average molecular weight is 207 g/mol. The van der Waals surface area contributed by atoms with Gasteiger partial charge in [-0.25, -0.2) is 0 Å². The molecule has 0 aromatic heterocycles. The van der Waals surface area contributed by atoms with E-state index < -0.39 is 0 Å². The zero-order valence-corrected chi connectivity index (χ0v) is 9.99. The zero-order valence-electron chi connectivity index (χ0n) is 9.99. The number of hydrogen-bond donors (Lipinski definition) is 1. The van der Waals surface area contributed by atoms with Crippen LogP contribution in [0.4, 0.5) is 0 Å². The van der Waals surface area contributed by atoms with E-state index in [1.54, 1.807) is 0 Å². The largest absolute Gasteiger partial charge is 0.327 e. The Kier molecular flexibility index (Phi) is 2.54. The first-order valence-electron chi connectivity index (χ1n) is 6.99. The third-order valence-corrected chi connectivity index (χ3v) is 5.35. The quantitative estimate of drug-likeness (QED) is 0.739. The second-order valence-corrected chi connectivity index (χ2v) is 6.60. The number of nitrogens with two attached hydrogens (primary N) is 1. The fraction of sp³-hybridized carbons (Fsp3) is 1.00. The molecular formula is C14H25N. The molecule has 5 unspecified atom stereocenters. The maximum absolute atomic E-state index is 6.50. The molecule has 3 fully saturated rings. The Bertz CT molecular complexity index is 227. The molecule has 0 bridgehead atoms. The van der Waals surface area contributed by atoms with E-state index >= 15 is 0 Å². The summed E-state index contributed by atoms with van der Waals surface area (Å²) in [5.41, 5.74) is 6.50. The fourth-order valence-corrected chi connectivity index (χ4v) is 4.29. The molecule has 2 N–H and O–H groups in total. The lowest BCUT2D eigenvalue weighted by atomic mass is 9.74. The van der Waals surface area contributed by atoms with Gasteiger partial charge in [0.05, 0.1) is 0 Å². The standard InChI is InChI=1S/C14H25N/c1-9-3-2-4-10(5-9)14(15)13-7-11-6-12(11)8-13/h9-14H,2-8,15H2,1H3. The molecule has 0 radical (unpaired) electrons. The highest BCUT2D eigenvalue weighted by Crippen LogP contribution is 2.56. The number of hydrogen-bond acceptors (Lipinski definition) is 1. The molecular weight excluding hydrogens is 182 g/mol. The van der Waals surface area contributed by atoms with E-state index in [2.05, 4.69) is 6.92 Å². The van der Waals surface area contributed by atoms with Gasteiger partial charge in [0.25, 0.3) is 0 Å². The summed E-state index contributed by atoms with van der Waals surface area (Å²) in [6.45, 7) is 2.41. The van der Waals surface area contributed by atoms with E-state index in [9.17, 15) is 0 Å². The second-order valence-electron chi connectivity index (χ2n) is 6.60. The van der Waals surface area contributed by atoms with Crippen LogP contribution in [0.3, 0.4) is 0 Å². The van der Waals surface area contributed by atoms with E-state index in [1.807, 2.05) is 0 Å². The van der Waals surface area contributed by atoms with Crippen molar-refractivity contribution in [2.24, 2.45) is 35.3 Å². The Hall–Kier alpha value is -0.0400. The molecule has 0 spiro atoms. The van der Waals surface area contributed by atoms with Gasteiger partial charge in [-0.2, -0.15) is 0 Å². The molecule has 86 valence electrons. The average Bonchev–Trinajstić information content (AvgIpc) is 2.85. The first-order chi connectivity index (χ1) is 7.24. The fourth-order valence-electron chi connectivity index (χ4n) is 4.29. The van der Waals surface area contributed by atoms with Crippen molar-refractivity contribution in [2.75, 3.05) is 0 Å². The topological polar surface area (TPSA) is 26.0 Å². The van der Waals surface area contributed by atoms with E-state index in [0.29, 0.717) is 6.04 Å². The molecule has 3 aliphatic carbocycles. The lowest BCUT2D eigenvalue weighted by Gasteiger charge is -2.34. The minimum Gasteiger partial charge on any atom is -0.327 e. The van der Waals surface area contributed by atoms with Gasteiger partial charge in [0.15, 0.2) is 0 Å². The van der Waals surface area contributed by atoms with Crippen LogP contribution >= 0.6 is 0 Å². The maximum Gasteiger partial charge on any atom is 0.00959 e. The van der Waals surface area contributed by atoms with Gasteiger partial charge in [-0.3, -0.25) is 0 Å². The van der Waals surface area contributed by atoms with E-state index in [0.717, 1.165) is 29.6 Å². The van der Waals surface area contributed by atoms with Crippen LogP contribution in [-0.2, 0) is 0 Å². The SMILES string of the molecule is CC1CCCC(C(N)C2CC3CC3C2)C1. The van der Waals surface area contributed by atoms with Gasteiger partial charge in [0, 0.05) is 6.04 Å². The van der Waals surface area contributed by atoms with Crippen LogP contribution in [0.15, 0.2) is 0 Å². The van der Waals surface area contributed by atoms with E-state index in [-0.39, 0.29) is 0 Å². The molecule has 1 heteroatoms. The first kappa shape index (κ1) is 10.1. The Morgan fingerprint density at radius 2 is 1.67 bits per heavy atom. The third kappa shape index (κ3) is 1.95. The predicted octanol–water partition coefficient (Wildman–Crippen LogP) is 3.19. The summed E-state index contributed by atoms with van der Waals surface area (Å²) in [5, 5.41) is 0.